The summed E-state index contributed by atoms with van der Waals surface area (Å²) < 4.78 is 0. The summed E-state index contributed by atoms with van der Waals surface area (Å²) in [6.45, 7) is 6.09. The third-order valence-corrected chi connectivity index (χ3v) is 8.71. The number of carbonyl (C=O) groups excluding carboxylic acids is 2. The summed E-state index contributed by atoms with van der Waals surface area (Å²) in [4.78, 5) is 32.5. The molecule has 1 unspecified atom stereocenters. The lowest BCUT2D eigenvalue weighted by atomic mass is 9.86. The van der Waals surface area contributed by atoms with E-state index >= 15 is 0 Å². The van der Waals surface area contributed by atoms with Crippen molar-refractivity contribution in [3.8, 4) is 0 Å². The summed E-state index contributed by atoms with van der Waals surface area (Å²) >= 11 is 6.13. The van der Waals surface area contributed by atoms with E-state index in [1.165, 1.54) is 31.4 Å². The number of hydrogen-bond acceptors (Lipinski definition) is 4. The van der Waals surface area contributed by atoms with Crippen LogP contribution < -0.4 is 10.2 Å². The van der Waals surface area contributed by atoms with Gasteiger partial charge in [-0.05, 0) is 68.1 Å². The standard InChI is InChI=1S/C26H37ClN4O2/c27-22-3-1-4-23(18-22)30-13-11-29(12-14-30)10-8-28-26(33)24-5-2-9-31(24)25(32)17-21-16-19-6-7-20(21)15-19/h1,3-4,18-21,24H,2,5-17H2,(H,28,33)/t19-,20+,21?,24-/m0/s1. The molecule has 2 bridgehead atoms. The predicted octanol–water partition coefficient (Wildman–Crippen LogP) is 3.40. The number of nitrogens with zero attached hydrogens (tertiary/aromatic N) is 3. The zero-order valence-corrected chi connectivity index (χ0v) is 20.3. The number of benzene rings is 1. The number of likely N-dealkylation sites (tertiary alicyclic amines) is 1. The first-order valence-electron chi connectivity index (χ1n) is 12.9. The van der Waals surface area contributed by atoms with Crippen LogP contribution in [-0.2, 0) is 9.59 Å². The van der Waals surface area contributed by atoms with Crippen LogP contribution in [0.5, 0.6) is 0 Å². The Morgan fingerprint density at radius 2 is 1.88 bits per heavy atom. The van der Waals surface area contributed by atoms with E-state index in [0.29, 0.717) is 18.9 Å². The van der Waals surface area contributed by atoms with Crippen LogP contribution in [0.3, 0.4) is 0 Å². The molecule has 1 N–H and O–H groups in total. The number of nitrogens with one attached hydrogen (secondary N) is 1. The van der Waals surface area contributed by atoms with Crippen molar-refractivity contribution in [2.45, 2.75) is 51.0 Å². The molecule has 2 saturated heterocycles. The van der Waals surface area contributed by atoms with E-state index in [9.17, 15) is 9.59 Å². The third-order valence-electron chi connectivity index (χ3n) is 8.47. The summed E-state index contributed by atoms with van der Waals surface area (Å²) in [6.07, 6.45) is 7.61. The van der Waals surface area contributed by atoms with Crippen LogP contribution in [0.15, 0.2) is 24.3 Å². The first kappa shape index (κ1) is 23.0. The molecule has 7 heteroatoms. The predicted molar refractivity (Wildman–Crippen MR) is 131 cm³/mol. The van der Waals surface area contributed by atoms with Gasteiger partial charge in [-0.1, -0.05) is 24.1 Å². The maximum absolute atomic E-state index is 13.0. The van der Waals surface area contributed by atoms with Crippen LogP contribution >= 0.6 is 11.6 Å². The molecule has 2 heterocycles. The molecular formula is C26H37ClN4O2. The largest absolute Gasteiger partial charge is 0.369 e. The Morgan fingerprint density at radius 3 is 2.61 bits per heavy atom. The molecule has 4 fully saturated rings. The van der Waals surface area contributed by atoms with Crippen molar-refractivity contribution in [2.75, 3.05) is 50.7 Å². The number of piperazine rings is 1. The summed E-state index contributed by atoms with van der Waals surface area (Å²) in [5, 5.41) is 3.89. The van der Waals surface area contributed by atoms with E-state index in [2.05, 4.69) is 21.2 Å². The van der Waals surface area contributed by atoms with Crippen molar-refractivity contribution < 1.29 is 9.59 Å². The fourth-order valence-electron chi connectivity index (χ4n) is 6.66. The molecule has 5 rings (SSSR count). The van der Waals surface area contributed by atoms with Crippen molar-refractivity contribution in [3.05, 3.63) is 29.3 Å². The normalized spacial score (nSPS) is 29.6. The van der Waals surface area contributed by atoms with Gasteiger partial charge < -0.3 is 15.1 Å². The Hall–Kier alpha value is -1.79. The minimum Gasteiger partial charge on any atom is -0.369 e. The van der Waals surface area contributed by atoms with E-state index in [0.717, 1.165) is 69.0 Å². The van der Waals surface area contributed by atoms with Gasteiger partial charge in [-0.15, -0.1) is 0 Å². The lowest BCUT2D eigenvalue weighted by molar-refractivity contribution is -0.139. The molecule has 6 nitrogen and oxygen atoms in total. The van der Waals surface area contributed by atoms with E-state index in [1.54, 1.807) is 0 Å². The molecule has 180 valence electrons. The molecular weight excluding hydrogens is 436 g/mol. The highest BCUT2D eigenvalue weighted by molar-refractivity contribution is 6.30. The van der Waals surface area contributed by atoms with Gasteiger partial charge >= 0.3 is 0 Å². The van der Waals surface area contributed by atoms with E-state index in [4.69, 9.17) is 11.6 Å². The second kappa shape index (κ2) is 10.2. The number of amides is 2. The maximum atomic E-state index is 13.0. The average molecular weight is 473 g/mol. The van der Waals surface area contributed by atoms with Crippen LogP contribution in [0, 0.1) is 17.8 Å². The Balaban J connectivity index is 1.03. The lowest BCUT2D eigenvalue weighted by Crippen LogP contribution is -2.50. The van der Waals surface area contributed by atoms with Crippen molar-refractivity contribution in [1.29, 1.82) is 0 Å². The molecule has 0 aromatic heterocycles. The average Bonchev–Trinajstić information content (AvgIpc) is 3.57. The molecule has 2 aliphatic carbocycles. The molecule has 2 aliphatic heterocycles. The molecule has 1 aromatic carbocycles. The quantitative estimate of drug-likeness (QED) is 0.660. The summed E-state index contributed by atoms with van der Waals surface area (Å²) in [6, 6.07) is 7.75. The van der Waals surface area contributed by atoms with Gasteiger partial charge in [0.05, 0.1) is 0 Å². The summed E-state index contributed by atoms with van der Waals surface area (Å²) in [7, 11) is 0. The highest BCUT2D eigenvalue weighted by Crippen LogP contribution is 2.49. The van der Waals surface area contributed by atoms with E-state index in [-0.39, 0.29) is 17.9 Å². The Labute approximate surface area is 202 Å². The topological polar surface area (TPSA) is 55.9 Å². The highest BCUT2D eigenvalue weighted by Gasteiger charge is 2.42. The number of rotatable bonds is 7. The van der Waals surface area contributed by atoms with Gasteiger partial charge in [0.1, 0.15) is 6.04 Å². The third kappa shape index (κ3) is 5.32. The zero-order valence-electron chi connectivity index (χ0n) is 19.6. The fourth-order valence-corrected chi connectivity index (χ4v) is 6.85. The number of halogens is 1. The van der Waals surface area contributed by atoms with Crippen molar-refractivity contribution in [2.24, 2.45) is 17.8 Å². The smallest absolute Gasteiger partial charge is 0.242 e. The summed E-state index contributed by atoms with van der Waals surface area (Å²) in [5.74, 6) is 2.42. The fraction of sp³-hybridized carbons (Fsp3) is 0.692. The van der Waals surface area contributed by atoms with Gasteiger partial charge in [0.2, 0.25) is 11.8 Å². The Bertz CT molecular complexity index is 856. The van der Waals surface area contributed by atoms with Gasteiger partial charge in [-0.3, -0.25) is 14.5 Å². The second-order valence-corrected chi connectivity index (χ2v) is 10.9. The monoisotopic (exact) mass is 472 g/mol. The van der Waals surface area contributed by atoms with Crippen molar-refractivity contribution in [3.63, 3.8) is 0 Å². The van der Waals surface area contributed by atoms with Gasteiger partial charge in [0.25, 0.3) is 0 Å². The maximum Gasteiger partial charge on any atom is 0.242 e. The zero-order chi connectivity index (χ0) is 22.8. The van der Waals surface area contributed by atoms with Gasteiger partial charge in [0, 0.05) is 62.9 Å². The van der Waals surface area contributed by atoms with Crippen molar-refractivity contribution in [1.82, 2.24) is 15.1 Å². The molecule has 2 amide bonds. The molecule has 33 heavy (non-hydrogen) atoms. The van der Waals surface area contributed by atoms with E-state index < -0.39 is 0 Å². The molecule has 1 aromatic rings. The first-order valence-corrected chi connectivity index (χ1v) is 13.2. The number of carbonyl (C=O) groups is 2. The van der Waals surface area contributed by atoms with Crippen LogP contribution in [0.4, 0.5) is 5.69 Å². The molecule has 0 spiro atoms. The highest BCUT2D eigenvalue weighted by atomic mass is 35.5. The van der Waals surface area contributed by atoms with Crippen LogP contribution in [-0.4, -0.2) is 73.5 Å². The van der Waals surface area contributed by atoms with Crippen LogP contribution in [0.1, 0.15) is 44.9 Å². The number of hydrogen-bond donors (Lipinski definition) is 1. The van der Waals surface area contributed by atoms with E-state index in [1.807, 2.05) is 23.1 Å². The van der Waals surface area contributed by atoms with Crippen molar-refractivity contribution >= 4 is 29.1 Å². The SMILES string of the molecule is O=C(NCCN1CCN(c2cccc(Cl)c2)CC1)[C@@H]1CCCN1C(=O)CC1C[C@H]2CC[C@@H]1C2. The van der Waals surface area contributed by atoms with Gasteiger partial charge in [-0.25, -0.2) is 0 Å². The van der Waals surface area contributed by atoms with Gasteiger partial charge in [0.15, 0.2) is 0 Å². The second-order valence-electron chi connectivity index (χ2n) is 10.5. The Kier molecular flexibility index (Phi) is 7.12. The van der Waals surface area contributed by atoms with Crippen LogP contribution in [0.25, 0.3) is 0 Å². The number of fused-ring (bicyclic) bond motifs is 2. The molecule has 4 atom stereocenters. The summed E-state index contributed by atoms with van der Waals surface area (Å²) in [5.41, 5.74) is 1.17. The minimum absolute atomic E-state index is 0.0337. The van der Waals surface area contributed by atoms with Gasteiger partial charge in [-0.2, -0.15) is 0 Å². The molecule has 2 saturated carbocycles. The van der Waals surface area contributed by atoms with Crippen LogP contribution in [0.2, 0.25) is 5.02 Å². The minimum atomic E-state index is -0.268. The molecule has 4 aliphatic rings. The Morgan fingerprint density at radius 1 is 1.03 bits per heavy atom. The molecule has 0 radical (unpaired) electrons. The number of anilines is 1. The lowest BCUT2D eigenvalue weighted by Gasteiger charge is -2.36. The first-order chi connectivity index (χ1) is 16.1.